The van der Waals surface area contributed by atoms with Crippen molar-refractivity contribution in [2.24, 2.45) is 0 Å². The smallest absolute Gasteiger partial charge is 0.242 e. The maximum absolute atomic E-state index is 9.99. The van der Waals surface area contributed by atoms with E-state index in [1.807, 2.05) is 4.57 Å². The van der Waals surface area contributed by atoms with Crippen molar-refractivity contribution in [3.8, 4) is 5.88 Å². The zero-order chi connectivity index (χ0) is 22.4. The molecule has 0 aliphatic carbocycles. The minimum atomic E-state index is -2.02. The number of nitrogens with zero attached hydrogens (tertiary/aromatic N) is 4. The first kappa shape index (κ1) is 23.9. The van der Waals surface area contributed by atoms with Gasteiger partial charge in [0.2, 0.25) is 5.88 Å². The van der Waals surface area contributed by atoms with E-state index in [0.29, 0.717) is 24.2 Å². The average molecular weight is 521 g/mol. The summed E-state index contributed by atoms with van der Waals surface area (Å²) in [6.07, 6.45) is 2.97. The van der Waals surface area contributed by atoms with E-state index in [2.05, 4.69) is 48.8 Å². The first-order chi connectivity index (χ1) is 14.5. The second-order valence-electron chi connectivity index (χ2n) is 9.21. The lowest BCUT2D eigenvalue weighted by Crippen LogP contribution is -2.46. The number of aromatic nitrogens is 4. The predicted molar refractivity (Wildman–Crippen MR) is 133 cm³/mol. The Morgan fingerprint density at radius 3 is 2.68 bits per heavy atom. The molecule has 172 valence electrons. The van der Waals surface area contributed by atoms with E-state index in [4.69, 9.17) is 25.5 Å². The number of rotatable bonds is 6. The van der Waals surface area contributed by atoms with Crippen LogP contribution in [0.3, 0.4) is 0 Å². The molecular weight excluding hydrogens is 491 g/mol. The van der Waals surface area contributed by atoms with Crippen LogP contribution >= 0.6 is 27.4 Å². The molecule has 0 radical (unpaired) electrons. The molecule has 0 bridgehead atoms. The molecule has 2 aliphatic rings. The van der Waals surface area contributed by atoms with Gasteiger partial charge in [0.05, 0.1) is 19.0 Å². The van der Waals surface area contributed by atoms with E-state index in [-0.39, 0.29) is 29.4 Å². The summed E-state index contributed by atoms with van der Waals surface area (Å²) >= 11 is 9.30. The highest BCUT2D eigenvalue weighted by Crippen LogP contribution is 2.74. The number of hydrogen-bond donors (Lipinski definition) is 1. The Kier molecular flexibility index (Phi) is 6.85. The van der Waals surface area contributed by atoms with E-state index in [1.54, 1.807) is 29.1 Å². The number of imidazole rings is 1. The summed E-state index contributed by atoms with van der Waals surface area (Å²) in [6, 6.07) is 0. The van der Waals surface area contributed by atoms with Crippen LogP contribution in [-0.2, 0) is 25.5 Å². The molecule has 1 N–H and O–H groups in total. The lowest BCUT2D eigenvalue weighted by Gasteiger charge is -2.39. The SMILES string of the molecule is CC(C)(C)[Si](C)(C)OC1C[C@H](n2cnc3c(O)ncnc32)O[C@@H]1COP1(=S)SCCS1. The van der Waals surface area contributed by atoms with E-state index in [0.717, 1.165) is 11.5 Å². The Morgan fingerprint density at radius 1 is 1.29 bits per heavy atom. The molecule has 1 unspecified atom stereocenters. The Hall–Kier alpha value is -0.203. The number of fused-ring (bicyclic) bond motifs is 1. The molecule has 13 heteroatoms. The van der Waals surface area contributed by atoms with Gasteiger partial charge in [0.25, 0.3) is 0 Å². The number of hydrogen-bond acceptors (Lipinski definition) is 10. The van der Waals surface area contributed by atoms with Gasteiger partial charge in [-0.25, -0.2) is 9.97 Å². The van der Waals surface area contributed by atoms with Crippen molar-refractivity contribution < 1.29 is 18.8 Å². The lowest BCUT2D eigenvalue weighted by molar-refractivity contribution is -0.0336. The van der Waals surface area contributed by atoms with Crippen molar-refractivity contribution in [2.45, 2.75) is 63.8 Å². The third-order valence-corrected chi connectivity index (χ3v) is 20.4. The third-order valence-electron chi connectivity index (χ3n) is 6.06. The van der Waals surface area contributed by atoms with Gasteiger partial charge in [-0.2, -0.15) is 4.98 Å². The molecule has 0 spiro atoms. The van der Waals surface area contributed by atoms with Gasteiger partial charge in [0.15, 0.2) is 24.1 Å². The highest BCUT2D eigenvalue weighted by Gasteiger charge is 2.46. The fraction of sp³-hybridized carbons (Fsp3) is 0.722. The zero-order valence-corrected chi connectivity index (χ0v) is 22.7. The molecule has 4 heterocycles. The largest absolute Gasteiger partial charge is 0.492 e. The van der Waals surface area contributed by atoms with Crippen LogP contribution in [0, 0.1) is 0 Å². The number of ether oxygens (including phenoxy) is 1. The Bertz CT molecular complexity index is 992. The first-order valence-electron chi connectivity index (χ1n) is 10.2. The van der Waals surface area contributed by atoms with Crippen LogP contribution in [0.15, 0.2) is 12.7 Å². The summed E-state index contributed by atoms with van der Waals surface area (Å²) < 4.78 is 19.4. The normalized spacial score (nSPS) is 26.7. The Labute approximate surface area is 197 Å². The van der Waals surface area contributed by atoms with Crippen molar-refractivity contribution in [3.63, 3.8) is 0 Å². The van der Waals surface area contributed by atoms with Crippen LogP contribution < -0.4 is 0 Å². The standard InChI is InChI=1S/C18H29N4O4PS3Si/c1-18(2,3)31(4,5)26-12-8-14(22-11-21-15-16(22)19-10-20-17(15)23)25-13(12)9-24-27(28)29-6-7-30-27/h10-14H,6-9H2,1-5H3,(H,19,20,23)/t12?,13-,14-/m1/s1. The summed E-state index contributed by atoms with van der Waals surface area (Å²) in [5.41, 5.74) is 0.904. The van der Waals surface area contributed by atoms with Crippen molar-refractivity contribution >= 4 is 58.7 Å². The van der Waals surface area contributed by atoms with E-state index >= 15 is 0 Å². The van der Waals surface area contributed by atoms with Gasteiger partial charge in [-0.1, -0.05) is 43.5 Å². The molecule has 2 aliphatic heterocycles. The maximum atomic E-state index is 9.99. The Morgan fingerprint density at radius 2 is 2.00 bits per heavy atom. The van der Waals surface area contributed by atoms with Crippen LogP contribution in [0.1, 0.15) is 33.4 Å². The van der Waals surface area contributed by atoms with Gasteiger partial charge in [-0.3, -0.25) is 4.57 Å². The zero-order valence-electron chi connectivity index (χ0n) is 18.3. The molecule has 3 atom stereocenters. The fourth-order valence-corrected chi connectivity index (χ4v) is 13.5. The first-order valence-corrected chi connectivity index (χ1v) is 19.0. The van der Waals surface area contributed by atoms with E-state index in [9.17, 15) is 5.11 Å². The van der Waals surface area contributed by atoms with Gasteiger partial charge in [-0.05, 0) is 29.9 Å². The minimum absolute atomic E-state index is 0.0839. The predicted octanol–water partition coefficient (Wildman–Crippen LogP) is 4.93. The van der Waals surface area contributed by atoms with Crippen LogP contribution in [0.25, 0.3) is 11.2 Å². The molecule has 2 aromatic rings. The summed E-state index contributed by atoms with van der Waals surface area (Å²) in [7, 11) is -2.02. The molecule has 0 aromatic carbocycles. The Balaban J connectivity index is 1.57. The van der Waals surface area contributed by atoms with Crippen LogP contribution in [0.2, 0.25) is 18.1 Å². The lowest BCUT2D eigenvalue weighted by atomic mass is 10.2. The van der Waals surface area contributed by atoms with Crippen LogP contribution in [0.5, 0.6) is 5.88 Å². The second kappa shape index (κ2) is 8.86. The summed E-state index contributed by atoms with van der Waals surface area (Å²) in [6.45, 7) is 11.6. The van der Waals surface area contributed by atoms with E-state index < -0.39 is 13.0 Å². The minimum Gasteiger partial charge on any atom is -0.492 e. The monoisotopic (exact) mass is 520 g/mol. The average Bonchev–Trinajstić information content (AvgIpc) is 3.38. The molecule has 2 aromatic heterocycles. The summed E-state index contributed by atoms with van der Waals surface area (Å²) in [5, 5.41) is 10.1. The molecule has 2 fully saturated rings. The highest BCUT2D eigenvalue weighted by molar-refractivity contribution is 9.00. The second-order valence-corrected chi connectivity index (χ2v) is 24.7. The van der Waals surface area contributed by atoms with Gasteiger partial charge in [0.1, 0.15) is 18.7 Å². The third kappa shape index (κ3) is 5.01. The molecule has 2 saturated heterocycles. The van der Waals surface area contributed by atoms with Crippen molar-refractivity contribution in [1.29, 1.82) is 0 Å². The molecule has 0 saturated carbocycles. The maximum Gasteiger partial charge on any atom is 0.242 e. The quantitative estimate of drug-likeness (QED) is 0.417. The van der Waals surface area contributed by atoms with E-state index in [1.165, 1.54) is 6.33 Å². The van der Waals surface area contributed by atoms with Gasteiger partial charge in [0, 0.05) is 17.9 Å². The summed E-state index contributed by atoms with van der Waals surface area (Å²) in [4.78, 5) is 12.4. The number of aromatic hydroxyl groups is 1. The van der Waals surface area contributed by atoms with Gasteiger partial charge < -0.3 is 18.8 Å². The fourth-order valence-electron chi connectivity index (χ4n) is 3.33. The van der Waals surface area contributed by atoms with Crippen LogP contribution in [-0.4, -0.2) is 63.3 Å². The van der Waals surface area contributed by atoms with Crippen molar-refractivity contribution in [1.82, 2.24) is 19.5 Å². The molecule has 0 amide bonds. The highest BCUT2D eigenvalue weighted by atomic mass is 33.2. The topological polar surface area (TPSA) is 91.5 Å². The van der Waals surface area contributed by atoms with Crippen molar-refractivity contribution in [2.75, 3.05) is 18.1 Å². The van der Waals surface area contributed by atoms with Gasteiger partial charge in [-0.15, -0.1) is 0 Å². The molecule has 4 rings (SSSR count). The molecule has 31 heavy (non-hydrogen) atoms. The van der Waals surface area contributed by atoms with Gasteiger partial charge >= 0.3 is 0 Å². The molecular formula is C18H29N4O4PS3Si. The molecule has 8 nitrogen and oxygen atoms in total. The van der Waals surface area contributed by atoms with Crippen LogP contribution in [0.4, 0.5) is 0 Å². The van der Waals surface area contributed by atoms with Crippen molar-refractivity contribution in [3.05, 3.63) is 12.7 Å². The summed E-state index contributed by atoms with van der Waals surface area (Å²) in [5.74, 6) is 1.96.